The summed E-state index contributed by atoms with van der Waals surface area (Å²) in [7, 11) is 4.00. The molecule has 3 aromatic carbocycles. The summed E-state index contributed by atoms with van der Waals surface area (Å²) in [6.07, 6.45) is 3.44. The summed E-state index contributed by atoms with van der Waals surface area (Å²) >= 11 is 0. The Morgan fingerprint density at radius 3 is 2.44 bits per heavy atom. The maximum Gasteiger partial charge on any atom is 0.407 e. The molecule has 0 fully saturated rings. The van der Waals surface area contributed by atoms with Gasteiger partial charge in [-0.15, -0.1) is 0 Å². The Balaban J connectivity index is 0.00000274. The van der Waals surface area contributed by atoms with Gasteiger partial charge in [0.25, 0.3) is 0 Å². The van der Waals surface area contributed by atoms with Gasteiger partial charge in [-0.1, -0.05) is 23.3 Å². The number of rotatable bonds is 5. The molecule has 0 N–H and O–H groups in total. The third-order valence-electron chi connectivity index (χ3n) is 5.86. The minimum Gasteiger partial charge on any atom is -0.545 e. The van der Waals surface area contributed by atoms with Crippen LogP contribution >= 0.6 is 0 Å². The van der Waals surface area contributed by atoms with E-state index in [9.17, 15) is 14.7 Å². The quantitative estimate of drug-likeness (QED) is 0.251. The molecule has 34 heavy (non-hydrogen) atoms. The van der Waals surface area contributed by atoms with Crippen LogP contribution in [0.15, 0.2) is 71.7 Å². The molecule has 0 saturated heterocycles. The van der Waals surface area contributed by atoms with Crippen molar-refractivity contribution in [3.05, 3.63) is 95.1 Å². The van der Waals surface area contributed by atoms with Crippen LogP contribution in [0, 0.1) is 6.07 Å². The first kappa shape index (κ1) is 23.5. The van der Waals surface area contributed by atoms with E-state index in [2.05, 4.69) is 11.1 Å². The molecule has 168 valence electrons. The van der Waals surface area contributed by atoms with Crippen molar-refractivity contribution < 1.29 is 40.3 Å². The molecule has 2 aliphatic heterocycles. The molecule has 7 heteroatoms. The van der Waals surface area contributed by atoms with E-state index in [0.29, 0.717) is 17.7 Å². The fourth-order valence-electron chi connectivity index (χ4n) is 4.18. The number of hydrogen-bond acceptors (Lipinski definition) is 5. The number of carboxylic acids is 1. The molecule has 0 unspecified atom stereocenters. The largest absolute Gasteiger partial charge is 0.545 e. The van der Waals surface area contributed by atoms with E-state index in [1.54, 1.807) is 16.7 Å². The number of carbonyl (C=O) groups excluding carboxylic acids is 2. The number of carboxylic acid groups (broad SMARTS) is 1. The van der Waals surface area contributed by atoms with Crippen LogP contribution in [0.25, 0.3) is 5.57 Å². The fraction of sp³-hybridized carbons (Fsp3) is 0.111. The van der Waals surface area contributed by atoms with Gasteiger partial charge in [0.15, 0.2) is 5.71 Å². The van der Waals surface area contributed by atoms with Crippen molar-refractivity contribution in [1.82, 2.24) is 0 Å². The Labute approximate surface area is 211 Å². The van der Waals surface area contributed by atoms with Gasteiger partial charge in [-0.05, 0) is 47.5 Å². The van der Waals surface area contributed by atoms with E-state index in [4.69, 9.17) is 0 Å². The van der Waals surface area contributed by atoms with Crippen LogP contribution in [0.4, 0.5) is 17.1 Å². The van der Waals surface area contributed by atoms with Crippen LogP contribution in [-0.4, -0.2) is 42.5 Å². The van der Waals surface area contributed by atoms with Crippen LogP contribution in [0.2, 0.25) is 0 Å². The number of carbonyl (C=O) groups is 2. The summed E-state index contributed by atoms with van der Waals surface area (Å²) in [5.41, 5.74) is 6.37. The van der Waals surface area contributed by atoms with E-state index in [1.807, 2.05) is 73.7 Å². The predicted octanol–water partition coefficient (Wildman–Crippen LogP) is 2.66. The van der Waals surface area contributed by atoms with E-state index >= 15 is 0 Å². The summed E-state index contributed by atoms with van der Waals surface area (Å²) in [5, 5.41) is 11.5. The van der Waals surface area contributed by atoms with Gasteiger partial charge in [-0.2, -0.15) is 22.8 Å². The summed E-state index contributed by atoms with van der Waals surface area (Å²) in [6, 6.07) is 22.3. The minimum absolute atomic E-state index is 0. The summed E-state index contributed by atoms with van der Waals surface area (Å²) < 4.78 is 1.58. The molecule has 0 bridgehead atoms. The third-order valence-corrected chi connectivity index (χ3v) is 5.86. The van der Waals surface area contributed by atoms with Gasteiger partial charge in [0.05, 0.1) is 17.7 Å². The van der Waals surface area contributed by atoms with Gasteiger partial charge in [0, 0.05) is 59.0 Å². The number of hydrogen-bond donors (Lipinski definition) is 0. The zero-order valence-corrected chi connectivity index (χ0v) is 21.5. The number of aliphatic carboxylic acids is 1. The Morgan fingerprint density at radius 2 is 1.79 bits per heavy atom. The van der Waals surface area contributed by atoms with Crippen molar-refractivity contribution >= 4 is 46.4 Å². The number of aliphatic imine (C=N–C) groups is 1. The smallest absolute Gasteiger partial charge is 0.407 e. The molecule has 0 aromatic heterocycles. The number of anilines is 1. The van der Waals surface area contributed by atoms with Crippen molar-refractivity contribution in [2.24, 2.45) is 4.99 Å². The third kappa shape index (κ3) is 4.17. The first-order valence-electron chi connectivity index (χ1n) is 10.5. The van der Waals surface area contributed by atoms with E-state index < -0.39 is 11.9 Å². The molecule has 0 saturated carbocycles. The Kier molecular flexibility index (Phi) is 6.45. The van der Waals surface area contributed by atoms with Crippen molar-refractivity contribution in [3.8, 4) is 0 Å². The Hall–Kier alpha value is -3.63. The van der Waals surface area contributed by atoms with Crippen molar-refractivity contribution in [3.63, 3.8) is 0 Å². The number of benzene rings is 3. The van der Waals surface area contributed by atoms with E-state index in [-0.39, 0.29) is 26.6 Å². The summed E-state index contributed by atoms with van der Waals surface area (Å²) in [5.74, 6) is -1.75. The van der Waals surface area contributed by atoms with E-state index in [0.717, 1.165) is 39.9 Å². The molecule has 0 spiro atoms. The van der Waals surface area contributed by atoms with Gasteiger partial charge in [0.1, 0.15) is 5.69 Å². The molecule has 1 amide bonds. The second kappa shape index (κ2) is 9.32. The van der Waals surface area contributed by atoms with Gasteiger partial charge < -0.3 is 14.8 Å². The van der Waals surface area contributed by atoms with Crippen LogP contribution < -0.4 is 10.0 Å². The maximum atomic E-state index is 12.8. The molecular weight excluding hydrogens is 598 g/mol. The summed E-state index contributed by atoms with van der Waals surface area (Å²) in [6.45, 7) is 0. The average Bonchev–Trinajstić information content (AvgIpc) is 3.21. The van der Waals surface area contributed by atoms with Crippen LogP contribution in [0.3, 0.4) is 0 Å². The van der Waals surface area contributed by atoms with Gasteiger partial charge in [-0.3, -0.25) is 4.99 Å². The Bertz CT molecular complexity index is 1390. The Morgan fingerprint density at radius 1 is 1.09 bits per heavy atom. The maximum absolute atomic E-state index is 12.8. The first-order valence-corrected chi connectivity index (χ1v) is 10.5. The fourth-order valence-corrected chi connectivity index (χ4v) is 4.18. The topological polar surface area (TPSA) is 75.8 Å². The first-order chi connectivity index (χ1) is 15.9. The molecule has 0 atom stereocenters. The minimum atomic E-state index is -1.36. The van der Waals surface area contributed by atoms with Crippen molar-refractivity contribution in [2.75, 3.05) is 19.0 Å². The van der Waals surface area contributed by atoms with Crippen LogP contribution in [0.5, 0.6) is 0 Å². The molecule has 0 radical (unpaired) electrons. The van der Waals surface area contributed by atoms with Gasteiger partial charge in [-0.25, -0.2) is 4.79 Å². The second-order valence-electron chi connectivity index (χ2n) is 8.15. The zero-order chi connectivity index (χ0) is 23.1. The molecular formula is C27H20N3O3W-. The number of nitrogens with zero attached hydrogens (tertiary/aromatic N) is 3. The second-order valence-corrected chi connectivity index (χ2v) is 8.15. The van der Waals surface area contributed by atoms with Crippen molar-refractivity contribution in [2.45, 2.75) is 6.42 Å². The standard InChI is InChI=1S/C27H21N3O3.W/c1-29(2)21-12-6-17(7-13-21)16-28-20-10-8-18(9-11-20)24-14-19-4-3-5-22-23(27(32)33)15-25(31)30(24)26(19)22;/h3,5-13,15-16H,14H2,1-2H3,(H,32,33);/p-1. The van der Waals surface area contributed by atoms with Crippen LogP contribution in [0.1, 0.15) is 22.3 Å². The monoisotopic (exact) mass is 618 g/mol. The van der Waals surface area contributed by atoms with Crippen LogP contribution in [-0.2, 0) is 37.1 Å². The van der Waals surface area contributed by atoms with Crippen molar-refractivity contribution in [1.29, 1.82) is 0 Å². The molecule has 2 aliphatic rings. The summed E-state index contributed by atoms with van der Waals surface area (Å²) in [4.78, 5) is 30.9. The normalized spacial score (nSPS) is 14.1. The molecule has 2 heterocycles. The zero-order valence-electron chi connectivity index (χ0n) is 18.6. The molecule has 0 aliphatic carbocycles. The van der Waals surface area contributed by atoms with Gasteiger partial charge in [0.2, 0.25) is 0 Å². The molecule has 5 rings (SSSR count). The molecule has 3 aromatic rings. The van der Waals surface area contributed by atoms with Gasteiger partial charge >= 0.3 is 5.91 Å². The average molecular weight is 618 g/mol. The SMILES string of the molecule is CN(C)c1ccc(C=Nc2ccc(C3=[N+]4C(=O)C=C(C(=O)[O-])c5cc[c-]c(c54)C3)cc2)cc1.[W]. The number of amides is 1. The predicted molar refractivity (Wildman–Crippen MR) is 125 cm³/mol. The van der Waals surface area contributed by atoms with E-state index in [1.165, 1.54) is 0 Å². The molecule has 6 nitrogen and oxygen atoms in total.